The second-order valence-corrected chi connectivity index (χ2v) is 4.76. The normalized spacial score (nSPS) is 10.8. The summed E-state index contributed by atoms with van der Waals surface area (Å²) in [5, 5.41) is 8.41. The smallest absolute Gasteiger partial charge is 0.157 e. The number of rotatable bonds is 2. The monoisotopic (exact) mass is 285 g/mol. The van der Waals surface area contributed by atoms with Crippen LogP contribution in [0.3, 0.4) is 0 Å². The number of aryl methyl sites for hydroxylation is 2. The van der Waals surface area contributed by atoms with Gasteiger partial charge in [0.15, 0.2) is 5.15 Å². The molecular weight excluding hydrogens is 274 g/mol. The first-order chi connectivity index (χ1) is 9.66. The number of para-hydroxylation sites is 1. The van der Waals surface area contributed by atoms with Crippen LogP contribution >= 0.6 is 11.6 Å². The molecule has 0 unspecified atom stereocenters. The standard InChI is InChI=1S/C14H12ClN5/c1-9-10(2)18-14(15)13(17-9)12-8-16-19-20(12)11-6-4-3-5-7-11/h3-8H,1-2H3. The van der Waals surface area contributed by atoms with E-state index >= 15 is 0 Å². The van der Waals surface area contributed by atoms with Crippen molar-refractivity contribution in [3.05, 3.63) is 53.1 Å². The quantitative estimate of drug-likeness (QED) is 0.726. The molecule has 0 fully saturated rings. The van der Waals surface area contributed by atoms with Gasteiger partial charge in [0, 0.05) is 0 Å². The third kappa shape index (κ3) is 2.16. The molecule has 1 aromatic carbocycles. The summed E-state index contributed by atoms with van der Waals surface area (Å²) >= 11 is 6.21. The fraction of sp³-hybridized carbons (Fsp3) is 0.143. The number of hydrogen-bond acceptors (Lipinski definition) is 4. The molecule has 3 aromatic rings. The van der Waals surface area contributed by atoms with Gasteiger partial charge in [0.05, 0.1) is 23.3 Å². The van der Waals surface area contributed by atoms with E-state index in [-0.39, 0.29) is 0 Å². The van der Waals surface area contributed by atoms with Gasteiger partial charge < -0.3 is 0 Å². The molecule has 0 spiro atoms. The molecule has 2 heterocycles. The van der Waals surface area contributed by atoms with Crippen molar-refractivity contribution < 1.29 is 0 Å². The molecule has 0 bridgehead atoms. The summed E-state index contributed by atoms with van der Waals surface area (Å²) in [4.78, 5) is 8.80. The van der Waals surface area contributed by atoms with E-state index in [1.807, 2.05) is 44.2 Å². The second kappa shape index (κ2) is 5.02. The Morgan fingerprint density at radius 1 is 1.00 bits per heavy atom. The molecule has 20 heavy (non-hydrogen) atoms. The maximum atomic E-state index is 6.21. The summed E-state index contributed by atoms with van der Waals surface area (Å²) in [5.74, 6) is 0. The predicted molar refractivity (Wildman–Crippen MR) is 76.9 cm³/mol. The molecule has 2 aromatic heterocycles. The van der Waals surface area contributed by atoms with Gasteiger partial charge in [0.25, 0.3) is 0 Å². The van der Waals surface area contributed by atoms with Crippen LogP contribution in [0.5, 0.6) is 0 Å². The zero-order valence-corrected chi connectivity index (χ0v) is 11.8. The second-order valence-electron chi connectivity index (χ2n) is 4.40. The topological polar surface area (TPSA) is 56.5 Å². The van der Waals surface area contributed by atoms with Crippen LogP contribution in [0.2, 0.25) is 5.15 Å². The molecule has 0 amide bonds. The zero-order valence-electron chi connectivity index (χ0n) is 11.1. The van der Waals surface area contributed by atoms with Gasteiger partial charge in [-0.3, -0.25) is 0 Å². The van der Waals surface area contributed by atoms with E-state index in [1.54, 1.807) is 10.9 Å². The maximum absolute atomic E-state index is 6.21. The van der Waals surface area contributed by atoms with Gasteiger partial charge in [-0.25, -0.2) is 14.6 Å². The van der Waals surface area contributed by atoms with Crippen LogP contribution in [0.25, 0.3) is 17.1 Å². The summed E-state index contributed by atoms with van der Waals surface area (Å²) in [6.45, 7) is 3.78. The highest BCUT2D eigenvalue weighted by molar-refractivity contribution is 6.31. The summed E-state index contributed by atoms with van der Waals surface area (Å²) < 4.78 is 1.70. The van der Waals surface area contributed by atoms with Crippen molar-refractivity contribution in [2.75, 3.05) is 0 Å². The SMILES string of the molecule is Cc1nc(Cl)c(-c2cnnn2-c2ccccc2)nc1C. The van der Waals surface area contributed by atoms with E-state index in [2.05, 4.69) is 20.3 Å². The number of halogens is 1. The van der Waals surface area contributed by atoms with Crippen LogP contribution in [0, 0.1) is 13.8 Å². The summed E-state index contributed by atoms with van der Waals surface area (Å²) in [5.41, 5.74) is 3.86. The predicted octanol–water partition coefficient (Wildman–Crippen LogP) is 2.99. The van der Waals surface area contributed by atoms with Crippen LogP contribution in [0.15, 0.2) is 36.5 Å². The molecule has 0 atom stereocenters. The van der Waals surface area contributed by atoms with Crippen LogP contribution < -0.4 is 0 Å². The maximum Gasteiger partial charge on any atom is 0.157 e. The van der Waals surface area contributed by atoms with Crippen LogP contribution in [-0.2, 0) is 0 Å². The Labute approximate surface area is 121 Å². The highest BCUT2D eigenvalue weighted by atomic mass is 35.5. The zero-order chi connectivity index (χ0) is 14.1. The van der Waals surface area contributed by atoms with Gasteiger partial charge >= 0.3 is 0 Å². The van der Waals surface area contributed by atoms with Gasteiger partial charge in [-0.2, -0.15) is 0 Å². The lowest BCUT2D eigenvalue weighted by Crippen LogP contribution is -2.03. The Bertz CT molecular complexity index is 752. The van der Waals surface area contributed by atoms with E-state index in [0.717, 1.165) is 22.8 Å². The van der Waals surface area contributed by atoms with Crippen molar-refractivity contribution in [3.8, 4) is 17.1 Å². The lowest BCUT2D eigenvalue weighted by atomic mass is 10.2. The minimum Gasteiger partial charge on any atom is -0.246 e. The van der Waals surface area contributed by atoms with Gasteiger partial charge in [0.2, 0.25) is 0 Å². The van der Waals surface area contributed by atoms with E-state index < -0.39 is 0 Å². The summed E-state index contributed by atoms with van der Waals surface area (Å²) in [7, 11) is 0. The van der Waals surface area contributed by atoms with E-state index in [0.29, 0.717) is 10.8 Å². The highest BCUT2D eigenvalue weighted by Crippen LogP contribution is 2.26. The van der Waals surface area contributed by atoms with Crippen molar-refractivity contribution in [1.82, 2.24) is 25.0 Å². The van der Waals surface area contributed by atoms with Gasteiger partial charge in [0.1, 0.15) is 11.4 Å². The molecule has 0 aliphatic rings. The molecule has 0 aliphatic carbocycles. The molecule has 3 rings (SSSR count). The summed E-state index contributed by atoms with van der Waals surface area (Å²) in [6, 6.07) is 9.72. The van der Waals surface area contributed by atoms with Crippen molar-refractivity contribution >= 4 is 11.6 Å². The Hall–Kier alpha value is -2.27. The summed E-state index contributed by atoms with van der Waals surface area (Å²) in [6.07, 6.45) is 1.64. The first kappa shape index (κ1) is 12.7. The Morgan fingerprint density at radius 3 is 2.45 bits per heavy atom. The Kier molecular flexibility index (Phi) is 3.20. The first-order valence-electron chi connectivity index (χ1n) is 6.14. The lowest BCUT2D eigenvalue weighted by molar-refractivity contribution is 0.805. The number of aromatic nitrogens is 5. The first-order valence-corrected chi connectivity index (χ1v) is 6.52. The molecule has 0 N–H and O–H groups in total. The average Bonchev–Trinajstić information content (AvgIpc) is 2.93. The molecule has 0 saturated carbocycles. The average molecular weight is 286 g/mol. The molecule has 0 radical (unpaired) electrons. The van der Waals surface area contributed by atoms with Crippen LogP contribution in [0.4, 0.5) is 0 Å². The van der Waals surface area contributed by atoms with Crippen LogP contribution in [-0.4, -0.2) is 25.0 Å². The van der Waals surface area contributed by atoms with Crippen molar-refractivity contribution in [1.29, 1.82) is 0 Å². The van der Waals surface area contributed by atoms with E-state index in [1.165, 1.54) is 0 Å². The van der Waals surface area contributed by atoms with Gasteiger partial charge in [-0.1, -0.05) is 35.0 Å². The molecule has 0 aliphatic heterocycles. The minimum atomic E-state index is 0.354. The Balaban J connectivity index is 2.18. The lowest BCUT2D eigenvalue weighted by Gasteiger charge is -2.08. The fourth-order valence-corrected chi connectivity index (χ4v) is 2.16. The van der Waals surface area contributed by atoms with E-state index in [4.69, 9.17) is 11.6 Å². The van der Waals surface area contributed by atoms with Crippen molar-refractivity contribution in [3.63, 3.8) is 0 Å². The van der Waals surface area contributed by atoms with Crippen molar-refractivity contribution in [2.45, 2.75) is 13.8 Å². The third-order valence-electron chi connectivity index (χ3n) is 3.06. The molecular formula is C14H12ClN5. The molecule has 100 valence electrons. The van der Waals surface area contributed by atoms with Crippen molar-refractivity contribution in [2.24, 2.45) is 0 Å². The third-order valence-corrected chi connectivity index (χ3v) is 3.32. The van der Waals surface area contributed by atoms with Gasteiger partial charge in [-0.05, 0) is 26.0 Å². The molecule has 5 nitrogen and oxygen atoms in total. The van der Waals surface area contributed by atoms with Gasteiger partial charge in [-0.15, -0.1) is 5.10 Å². The highest BCUT2D eigenvalue weighted by Gasteiger charge is 2.15. The van der Waals surface area contributed by atoms with E-state index in [9.17, 15) is 0 Å². The largest absolute Gasteiger partial charge is 0.246 e. The minimum absolute atomic E-state index is 0.354. The number of benzene rings is 1. The molecule has 0 saturated heterocycles. The molecule has 6 heteroatoms. The number of hydrogen-bond donors (Lipinski definition) is 0. The van der Waals surface area contributed by atoms with Crippen LogP contribution in [0.1, 0.15) is 11.4 Å². The Morgan fingerprint density at radius 2 is 1.70 bits per heavy atom. The fourth-order valence-electron chi connectivity index (χ4n) is 1.90. The number of nitrogens with zero attached hydrogens (tertiary/aromatic N) is 5.